The number of alkyl halides is 3. The molecule has 1 unspecified atom stereocenters. The molecule has 11 heteroatoms. The second kappa shape index (κ2) is 8.77. The van der Waals surface area contributed by atoms with Crippen molar-refractivity contribution in [3.63, 3.8) is 0 Å². The van der Waals surface area contributed by atoms with Crippen molar-refractivity contribution in [1.82, 2.24) is 14.6 Å². The lowest BCUT2D eigenvalue weighted by Crippen LogP contribution is -2.12. The van der Waals surface area contributed by atoms with Crippen LogP contribution in [0.3, 0.4) is 0 Å². The van der Waals surface area contributed by atoms with Crippen LogP contribution in [0.15, 0.2) is 70.0 Å². The van der Waals surface area contributed by atoms with Crippen molar-refractivity contribution in [3.05, 3.63) is 93.5 Å². The van der Waals surface area contributed by atoms with Crippen molar-refractivity contribution in [2.75, 3.05) is 5.32 Å². The monoisotopic (exact) mass is 508 g/mol. The highest BCUT2D eigenvalue weighted by Crippen LogP contribution is 2.33. The first-order chi connectivity index (χ1) is 17.5. The lowest BCUT2D eigenvalue weighted by Gasteiger charge is -2.19. The number of carbonyl (C=O) groups is 1. The van der Waals surface area contributed by atoms with Crippen LogP contribution in [0.1, 0.15) is 40.3 Å². The molecule has 0 radical (unpaired) electrons. The van der Waals surface area contributed by atoms with Gasteiger partial charge in [0.2, 0.25) is 5.82 Å². The van der Waals surface area contributed by atoms with E-state index in [2.05, 4.69) is 15.5 Å². The number of hydrogen-bond donors (Lipinski definition) is 2. The van der Waals surface area contributed by atoms with Crippen LogP contribution in [0.2, 0.25) is 0 Å². The summed E-state index contributed by atoms with van der Waals surface area (Å²) in [5, 5.41) is 19.7. The molecule has 0 fully saturated rings. The molecule has 37 heavy (non-hydrogen) atoms. The summed E-state index contributed by atoms with van der Waals surface area (Å²) in [7, 11) is 0. The zero-order valence-electron chi connectivity index (χ0n) is 19.5. The summed E-state index contributed by atoms with van der Waals surface area (Å²) < 4.78 is 47.0. The van der Waals surface area contributed by atoms with Crippen LogP contribution >= 0.6 is 0 Å². The molecule has 0 aliphatic carbocycles. The SMILES string of the molecule is Cc1cc(C(C)Nc2ccccc2C(=O)O)c2oc(-c3ccc4nnc(C(F)(F)F)n4c3)cc(=O)c2c1. The third-order valence-electron chi connectivity index (χ3n) is 5.94. The van der Waals surface area contributed by atoms with Crippen LogP contribution in [0.25, 0.3) is 27.9 Å². The summed E-state index contributed by atoms with van der Waals surface area (Å²) in [6.45, 7) is 3.60. The first-order valence-corrected chi connectivity index (χ1v) is 11.1. The first-order valence-electron chi connectivity index (χ1n) is 11.1. The van der Waals surface area contributed by atoms with Gasteiger partial charge in [0.25, 0.3) is 0 Å². The highest BCUT2D eigenvalue weighted by atomic mass is 19.4. The van der Waals surface area contributed by atoms with E-state index in [0.29, 0.717) is 16.6 Å². The van der Waals surface area contributed by atoms with Crippen LogP contribution in [0, 0.1) is 6.92 Å². The third kappa shape index (κ3) is 4.39. The predicted molar refractivity (Wildman–Crippen MR) is 130 cm³/mol. The number of fused-ring (bicyclic) bond motifs is 2. The number of aromatic nitrogens is 3. The van der Waals surface area contributed by atoms with E-state index in [-0.39, 0.29) is 33.5 Å². The van der Waals surface area contributed by atoms with E-state index in [1.807, 2.05) is 6.92 Å². The lowest BCUT2D eigenvalue weighted by atomic mass is 10.00. The van der Waals surface area contributed by atoms with Gasteiger partial charge in [-0.05, 0) is 49.7 Å². The van der Waals surface area contributed by atoms with E-state index in [1.165, 1.54) is 30.5 Å². The molecule has 2 N–H and O–H groups in total. The number of nitrogens with zero attached hydrogens (tertiary/aromatic N) is 3. The van der Waals surface area contributed by atoms with Crippen molar-refractivity contribution >= 4 is 28.3 Å². The summed E-state index contributed by atoms with van der Waals surface area (Å²) in [4.78, 5) is 24.7. The number of pyridine rings is 1. The normalized spacial score (nSPS) is 12.7. The Balaban J connectivity index is 1.65. The average molecular weight is 508 g/mol. The van der Waals surface area contributed by atoms with Crippen LogP contribution in [-0.4, -0.2) is 25.7 Å². The number of hydrogen-bond acceptors (Lipinski definition) is 6. The number of halogens is 3. The molecule has 8 nitrogen and oxygen atoms in total. The zero-order valence-corrected chi connectivity index (χ0v) is 19.5. The minimum absolute atomic E-state index is 0.00885. The van der Waals surface area contributed by atoms with Gasteiger partial charge in [0.05, 0.1) is 17.0 Å². The Morgan fingerprint density at radius 3 is 2.59 bits per heavy atom. The molecule has 188 valence electrons. The van der Waals surface area contributed by atoms with Gasteiger partial charge in [-0.25, -0.2) is 4.79 Å². The minimum atomic E-state index is -4.72. The van der Waals surface area contributed by atoms with Crippen molar-refractivity contribution in [1.29, 1.82) is 0 Å². The number of para-hydroxylation sites is 1. The Morgan fingerprint density at radius 1 is 1.11 bits per heavy atom. The zero-order chi connectivity index (χ0) is 26.5. The number of anilines is 1. The molecule has 0 bridgehead atoms. The highest BCUT2D eigenvalue weighted by molar-refractivity contribution is 5.94. The molecular formula is C26H19F3N4O4. The molecule has 5 aromatic rings. The second-order valence-corrected chi connectivity index (χ2v) is 8.59. The molecule has 0 saturated carbocycles. The quantitative estimate of drug-likeness (QED) is 0.313. The van der Waals surface area contributed by atoms with Crippen molar-refractivity contribution in [2.45, 2.75) is 26.1 Å². The fourth-order valence-corrected chi connectivity index (χ4v) is 4.23. The third-order valence-corrected chi connectivity index (χ3v) is 5.94. The number of aryl methyl sites for hydroxylation is 1. The molecule has 3 heterocycles. The number of carboxylic acids is 1. The van der Waals surface area contributed by atoms with Crippen molar-refractivity contribution < 1.29 is 27.5 Å². The fraction of sp³-hybridized carbons (Fsp3) is 0.154. The summed E-state index contributed by atoms with van der Waals surface area (Å²) in [6, 6.07) is 13.5. The molecule has 1 atom stereocenters. The van der Waals surface area contributed by atoms with E-state index in [4.69, 9.17) is 4.42 Å². The molecular weight excluding hydrogens is 489 g/mol. The summed E-state index contributed by atoms with van der Waals surface area (Å²) in [5.74, 6) is -2.23. The molecule has 5 rings (SSSR count). The van der Waals surface area contributed by atoms with Crippen LogP contribution in [-0.2, 0) is 6.18 Å². The largest absolute Gasteiger partial charge is 0.478 e. The van der Waals surface area contributed by atoms with Gasteiger partial charge in [-0.1, -0.05) is 18.2 Å². The number of aromatic carboxylic acids is 1. The van der Waals surface area contributed by atoms with Gasteiger partial charge < -0.3 is 14.8 Å². The Morgan fingerprint density at radius 2 is 1.86 bits per heavy atom. The van der Waals surface area contributed by atoms with Crippen molar-refractivity contribution in [2.24, 2.45) is 0 Å². The number of nitrogens with one attached hydrogen (secondary N) is 1. The van der Waals surface area contributed by atoms with Crippen LogP contribution < -0.4 is 10.7 Å². The number of benzene rings is 2. The second-order valence-electron chi connectivity index (χ2n) is 8.59. The van der Waals surface area contributed by atoms with E-state index in [1.54, 1.807) is 37.3 Å². The Labute approximate surface area is 207 Å². The smallest absolute Gasteiger partial charge is 0.452 e. The van der Waals surface area contributed by atoms with E-state index >= 15 is 0 Å². The van der Waals surface area contributed by atoms with Gasteiger partial charge in [0.15, 0.2) is 11.1 Å². The Hall–Kier alpha value is -4.67. The maximum absolute atomic E-state index is 13.4. The molecule has 0 spiro atoms. The molecule has 0 amide bonds. The fourth-order valence-electron chi connectivity index (χ4n) is 4.23. The molecule has 2 aromatic carbocycles. The van der Waals surface area contributed by atoms with Gasteiger partial charge in [-0.2, -0.15) is 13.2 Å². The molecule has 0 aliphatic heterocycles. The average Bonchev–Trinajstić information content (AvgIpc) is 3.28. The summed E-state index contributed by atoms with van der Waals surface area (Å²) >= 11 is 0. The van der Waals surface area contributed by atoms with Gasteiger partial charge >= 0.3 is 12.1 Å². The van der Waals surface area contributed by atoms with Crippen LogP contribution in [0.4, 0.5) is 18.9 Å². The topological polar surface area (TPSA) is 110 Å². The van der Waals surface area contributed by atoms with Gasteiger partial charge in [-0.3, -0.25) is 9.20 Å². The molecule has 3 aromatic heterocycles. The standard InChI is InChI=1S/C26H19F3N4O4/c1-13-9-17(14(2)30-19-6-4-3-5-16(19)24(35)36)23-18(10-13)20(34)11-21(37-23)15-7-8-22-31-32-25(26(27,28)29)33(22)12-15/h3-12,14,30H,1-2H3,(H,35,36). The predicted octanol–water partition coefficient (Wildman–Crippen LogP) is 5.70. The number of rotatable bonds is 5. The summed E-state index contributed by atoms with van der Waals surface area (Å²) in [6.07, 6.45) is -3.55. The highest BCUT2D eigenvalue weighted by Gasteiger charge is 2.37. The van der Waals surface area contributed by atoms with E-state index in [9.17, 15) is 27.9 Å². The van der Waals surface area contributed by atoms with Gasteiger partial charge in [-0.15, -0.1) is 10.2 Å². The Kier molecular flexibility index (Phi) is 5.70. The van der Waals surface area contributed by atoms with Crippen molar-refractivity contribution in [3.8, 4) is 11.3 Å². The lowest BCUT2D eigenvalue weighted by molar-refractivity contribution is -0.145. The maximum atomic E-state index is 13.4. The molecule has 0 aliphatic rings. The van der Waals surface area contributed by atoms with E-state index < -0.39 is 24.0 Å². The van der Waals surface area contributed by atoms with E-state index in [0.717, 1.165) is 9.96 Å². The Bertz CT molecular complexity index is 1740. The molecule has 0 saturated heterocycles. The maximum Gasteiger partial charge on any atom is 0.452 e. The van der Waals surface area contributed by atoms with Gasteiger partial charge in [0.1, 0.15) is 11.3 Å². The minimum Gasteiger partial charge on any atom is -0.478 e. The van der Waals surface area contributed by atoms with Crippen LogP contribution in [0.5, 0.6) is 0 Å². The number of carboxylic acid groups (broad SMARTS) is 1. The van der Waals surface area contributed by atoms with Gasteiger partial charge in [0, 0.05) is 29.1 Å². The first kappa shape index (κ1) is 24.0. The summed E-state index contributed by atoms with van der Waals surface area (Å²) in [5.41, 5.74) is 1.90.